The maximum atomic E-state index is 6.21. The predicted octanol–water partition coefficient (Wildman–Crippen LogP) is 4.72. The van der Waals surface area contributed by atoms with Gasteiger partial charge in [0.25, 0.3) is 0 Å². The highest BCUT2D eigenvalue weighted by molar-refractivity contribution is 7.98. The summed E-state index contributed by atoms with van der Waals surface area (Å²) in [4.78, 5) is 9.24. The van der Waals surface area contributed by atoms with E-state index in [0.29, 0.717) is 0 Å². The van der Waals surface area contributed by atoms with E-state index in [1.54, 1.807) is 11.8 Å². The highest BCUT2D eigenvalue weighted by Crippen LogP contribution is 2.30. The topological polar surface area (TPSA) is 37.8 Å². The molecule has 0 amide bonds. The Labute approximate surface area is 135 Å². The molecule has 1 aromatic carbocycles. The minimum Gasteiger partial charge on any atom is -0.373 e. The van der Waals surface area contributed by atoms with Crippen LogP contribution in [-0.2, 0) is 12.2 Å². The van der Waals surface area contributed by atoms with Gasteiger partial charge < -0.3 is 5.32 Å². The molecule has 0 saturated carbocycles. The molecule has 0 aliphatic heterocycles. The van der Waals surface area contributed by atoms with Crippen LogP contribution in [0.15, 0.2) is 29.3 Å². The monoisotopic (exact) mass is 321 g/mol. The first kappa shape index (κ1) is 16.1. The van der Waals surface area contributed by atoms with Gasteiger partial charge in [0, 0.05) is 29.8 Å². The first-order chi connectivity index (χ1) is 10.2. The average molecular weight is 322 g/mol. The van der Waals surface area contributed by atoms with E-state index in [-0.39, 0.29) is 0 Å². The Balaban J connectivity index is 2.22. The quantitative estimate of drug-likeness (QED) is 0.617. The molecule has 21 heavy (non-hydrogen) atoms. The van der Waals surface area contributed by atoms with Crippen LogP contribution in [-0.4, -0.2) is 17.0 Å². The van der Waals surface area contributed by atoms with Crippen LogP contribution in [0.4, 0.5) is 5.82 Å². The number of hydrogen-bond acceptors (Lipinski definition) is 4. The number of halogens is 1. The summed E-state index contributed by atoms with van der Waals surface area (Å²) in [6.07, 6.45) is 1.94. The van der Waals surface area contributed by atoms with E-state index in [9.17, 15) is 0 Å². The van der Waals surface area contributed by atoms with Crippen molar-refractivity contribution >= 4 is 29.2 Å². The first-order valence-electron chi connectivity index (χ1n) is 7.07. The lowest BCUT2D eigenvalue weighted by molar-refractivity contribution is 0.804. The van der Waals surface area contributed by atoms with E-state index in [2.05, 4.69) is 35.2 Å². The molecule has 0 saturated heterocycles. The van der Waals surface area contributed by atoms with Crippen molar-refractivity contribution in [1.82, 2.24) is 9.97 Å². The molecule has 0 spiro atoms. The van der Waals surface area contributed by atoms with Gasteiger partial charge in [-0.1, -0.05) is 36.7 Å². The minimum atomic E-state index is 0.805. The fourth-order valence-corrected chi connectivity index (χ4v) is 3.33. The van der Waals surface area contributed by atoms with E-state index in [4.69, 9.17) is 11.6 Å². The van der Waals surface area contributed by atoms with Gasteiger partial charge in [-0.2, -0.15) is 0 Å². The van der Waals surface area contributed by atoms with Crippen LogP contribution >= 0.6 is 23.4 Å². The molecule has 112 valence electrons. The van der Waals surface area contributed by atoms with Gasteiger partial charge in [0.2, 0.25) is 0 Å². The van der Waals surface area contributed by atoms with Crippen LogP contribution in [0, 0.1) is 6.92 Å². The van der Waals surface area contributed by atoms with Crippen LogP contribution in [0.1, 0.15) is 30.3 Å². The van der Waals surface area contributed by atoms with Gasteiger partial charge in [-0.05, 0) is 25.0 Å². The maximum Gasteiger partial charge on any atom is 0.133 e. The van der Waals surface area contributed by atoms with Crippen LogP contribution in [0.2, 0.25) is 5.02 Å². The van der Waals surface area contributed by atoms with Crippen molar-refractivity contribution < 1.29 is 0 Å². The molecule has 0 bridgehead atoms. The number of nitrogens with one attached hydrogen (secondary N) is 1. The fourth-order valence-electron chi connectivity index (χ4n) is 2.02. The zero-order chi connectivity index (χ0) is 15.2. The van der Waals surface area contributed by atoms with Crippen LogP contribution in [0.25, 0.3) is 0 Å². The third-order valence-corrected chi connectivity index (χ3v) is 4.68. The summed E-state index contributed by atoms with van der Waals surface area (Å²) >= 11 is 7.92. The van der Waals surface area contributed by atoms with E-state index in [1.165, 1.54) is 0 Å². The summed E-state index contributed by atoms with van der Waals surface area (Å²) < 4.78 is 0. The summed E-state index contributed by atoms with van der Waals surface area (Å²) in [6, 6.07) is 7.94. The van der Waals surface area contributed by atoms with Gasteiger partial charge in [-0.3, -0.25) is 0 Å². The van der Waals surface area contributed by atoms with Gasteiger partial charge in [-0.25, -0.2) is 9.97 Å². The summed E-state index contributed by atoms with van der Waals surface area (Å²) in [6.45, 7) is 4.19. The predicted molar refractivity (Wildman–Crippen MR) is 91.3 cm³/mol. The van der Waals surface area contributed by atoms with Crippen LogP contribution < -0.4 is 5.32 Å². The van der Waals surface area contributed by atoms with Gasteiger partial charge in [0.05, 0.1) is 0 Å². The number of rotatable bonds is 6. The number of aryl methyl sites for hydroxylation is 1. The standard InChI is InChI=1S/C16H20ClN3S/c1-4-7-14-19-15(18-3)11(2)16(20-14)21-10-12-8-5-6-9-13(12)17/h5-6,8-9H,4,7,10H2,1-3H3,(H,18,19,20). The zero-order valence-electron chi connectivity index (χ0n) is 12.6. The highest BCUT2D eigenvalue weighted by Gasteiger charge is 2.11. The second kappa shape index (κ2) is 7.66. The van der Waals surface area contributed by atoms with E-state index >= 15 is 0 Å². The largest absolute Gasteiger partial charge is 0.373 e. The molecular weight excluding hydrogens is 302 g/mol. The minimum absolute atomic E-state index is 0.805. The van der Waals surface area contributed by atoms with E-state index < -0.39 is 0 Å². The number of anilines is 1. The molecule has 0 radical (unpaired) electrons. The van der Waals surface area contributed by atoms with Gasteiger partial charge in [0.1, 0.15) is 16.7 Å². The molecule has 3 nitrogen and oxygen atoms in total. The normalized spacial score (nSPS) is 10.7. The second-order valence-corrected chi connectivity index (χ2v) is 6.17. The summed E-state index contributed by atoms with van der Waals surface area (Å²) in [5.74, 6) is 2.62. The molecule has 1 heterocycles. The molecule has 0 atom stereocenters. The summed E-state index contributed by atoms with van der Waals surface area (Å²) in [5, 5.41) is 4.98. The zero-order valence-corrected chi connectivity index (χ0v) is 14.2. The van der Waals surface area contributed by atoms with Gasteiger partial charge in [0.15, 0.2) is 0 Å². The number of aromatic nitrogens is 2. The van der Waals surface area contributed by atoms with Crippen molar-refractivity contribution in [2.75, 3.05) is 12.4 Å². The van der Waals surface area contributed by atoms with Crippen LogP contribution in [0.3, 0.4) is 0 Å². The number of thioether (sulfide) groups is 1. The Morgan fingerprint density at radius 3 is 2.67 bits per heavy atom. The SMILES string of the molecule is CCCc1nc(NC)c(C)c(SCc2ccccc2Cl)n1. The molecule has 1 N–H and O–H groups in total. The Morgan fingerprint density at radius 2 is 2.00 bits per heavy atom. The highest BCUT2D eigenvalue weighted by atomic mass is 35.5. The van der Waals surface area contributed by atoms with Crippen molar-refractivity contribution in [3.05, 3.63) is 46.2 Å². The van der Waals surface area contributed by atoms with Crippen molar-refractivity contribution in [3.8, 4) is 0 Å². The number of benzene rings is 1. The second-order valence-electron chi connectivity index (χ2n) is 4.80. The lowest BCUT2D eigenvalue weighted by Gasteiger charge is -2.12. The smallest absolute Gasteiger partial charge is 0.133 e. The number of nitrogens with zero attached hydrogens (tertiary/aromatic N) is 2. The average Bonchev–Trinajstić information content (AvgIpc) is 2.49. The number of hydrogen-bond donors (Lipinski definition) is 1. The Kier molecular flexibility index (Phi) is 5.88. The molecule has 2 rings (SSSR count). The van der Waals surface area contributed by atoms with Gasteiger partial charge in [-0.15, -0.1) is 11.8 Å². The molecule has 0 unspecified atom stereocenters. The molecule has 5 heteroatoms. The molecular formula is C16H20ClN3S. The van der Waals surface area contributed by atoms with E-state index in [1.807, 2.05) is 25.2 Å². The fraction of sp³-hybridized carbons (Fsp3) is 0.375. The lowest BCUT2D eigenvalue weighted by atomic mass is 10.2. The Bertz CT molecular complexity index is 616. The van der Waals surface area contributed by atoms with Crippen molar-refractivity contribution in [2.24, 2.45) is 0 Å². The van der Waals surface area contributed by atoms with Crippen molar-refractivity contribution in [1.29, 1.82) is 0 Å². The first-order valence-corrected chi connectivity index (χ1v) is 8.43. The Hall–Kier alpha value is -1.26. The summed E-state index contributed by atoms with van der Waals surface area (Å²) in [5.41, 5.74) is 2.22. The molecule has 0 fully saturated rings. The third-order valence-electron chi connectivity index (χ3n) is 3.18. The molecule has 1 aromatic heterocycles. The van der Waals surface area contributed by atoms with Crippen molar-refractivity contribution in [2.45, 2.75) is 37.5 Å². The molecule has 0 aliphatic carbocycles. The lowest BCUT2D eigenvalue weighted by Crippen LogP contribution is -2.04. The van der Waals surface area contributed by atoms with Crippen LogP contribution in [0.5, 0.6) is 0 Å². The summed E-state index contributed by atoms with van der Waals surface area (Å²) in [7, 11) is 1.90. The van der Waals surface area contributed by atoms with Gasteiger partial charge >= 0.3 is 0 Å². The molecule has 2 aromatic rings. The molecule has 0 aliphatic rings. The third kappa shape index (κ3) is 4.11. The van der Waals surface area contributed by atoms with Crippen molar-refractivity contribution in [3.63, 3.8) is 0 Å². The van der Waals surface area contributed by atoms with E-state index in [0.717, 1.165) is 51.4 Å². The maximum absolute atomic E-state index is 6.21. The Morgan fingerprint density at radius 1 is 1.24 bits per heavy atom.